The Kier molecular flexibility index (Phi) is 6.39. The van der Waals surface area contributed by atoms with Crippen molar-refractivity contribution in [3.8, 4) is 0 Å². The van der Waals surface area contributed by atoms with E-state index in [-0.39, 0.29) is 0 Å². The van der Waals surface area contributed by atoms with Gasteiger partial charge in [-0.3, -0.25) is 0 Å². The number of benzene rings is 3. The molecule has 0 saturated carbocycles. The van der Waals surface area contributed by atoms with Crippen LogP contribution in [0.2, 0.25) is 0 Å². The van der Waals surface area contributed by atoms with Gasteiger partial charge >= 0.3 is 0 Å². The minimum Gasteiger partial charge on any atom is -0.0870 e. The first-order valence-corrected chi connectivity index (χ1v) is 10.7. The second kappa shape index (κ2) is 8.78. The van der Waals surface area contributed by atoms with Crippen LogP contribution >= 0.6 is 0 Å². The number of fused-ring (bicyclic) bond motifs is 1. The van der Waals surface area contributed by atoms with Crippen molar-refractivity contribution in [3.63, 3.8) is 0 Å². The molecule has 0 radical (unpaired) electrons. The number of hydrogen-bond donors (Lipinski definition) is 0. The van der Waals surface area contributed by atoms with Gasteiger partial charge in [0.15, 0.2) is 0 Å². The van der Waals surface area contributed by atoms with E-state index in [1.165, 1.54) is 57.0 Å². The van der Waals surface area contributed by atoms with Gasteiger partial charge in [-0.05, 0) is 98.0 Å². The number of hydrogen-bond acceptors (Lipinski definition) is 0. The molecular formula is C28H34. The molecule has 3 aromatic rings. The van der Waals surface area contributed by atoms with Crippen molar-refractivity contribution in [1.29, 1.82) is 0 Å². The topological polar surface area (TPSA) is 0 Å². The van der Waals surface area contributed by atoms with E-state index < -0.39 is 0 Å². The third kappa shape index (κ3) is 4.22. The molecule has 0 aliphatic carbocycles. The van der Waals surface area contributed by atoms with Gasteiger partial charge in [0.05, 0.1) is 0 Å². The largest absolute Gasteiger partial charge is 0.0870 e. The van der Waals surface area contributed by atoms with Crippen LogP contribution in [-0.2, 0) is 19.3 Å². The molecule has 0 amide bonds. The Morgan fingerprint density at radius 3 is 2.29 bits per heavy atom. The van der Waals surface area contributed by atoms with E-state index in [4.69, 9.17) is 0 Å². The zero-order chi connectivity index (χ0) is 20.3. The molecule has 0 fully saturated rings. The van der Waals surface area contributed by atoms with Gasteiger partial charge < -0.3 is 0 Å². The summed E-state index contributed by atoms with van der Waals surface area (Å²) in [4.78, 5) is 0. The van der Waals surface area contributed by atoms with E-state index >= 15 is 0 Å². The lowest BCUT2D eigenvalue weighted by molar-refractivity contribution is 0.867. The van der Waals surface area contributed by atoms with Gasteiger partial charge in [-0.2, -0.15) is 0 Å². The minimum atomic E-state index is 1.09. The van der Waals surface area contributed by atoms with E-state index in [0.29, 0.717) is 0 Å². The SMILES string of the molecule is CC=Cc1c(C)cc(CCC)c(CCc2cc(C)cc3ccc(C)cc23)c1C. The second-order valence-corrected chi connectivity index (χ2v) is 8.27. The average molecular weight is 371 g/mol. The summed E-state index contributed by atoms with van der Waals surface area (Å²) in [6.45, 7) is 13.4. The summed E-state index contributed by atoms with van der Waals surface area (Å²) in [6, 6.07) is 14.0. The number of rotatable bonds is 6. The van der Waals surface area contributed by atoms with Crippen molar-refractivity contribution in [2.75, 3.05) is 0 Å². The summed E-state index contributed by atoms with van der Waals surface area (Å²) >= 11 is 0. The van der Waals surface area contributed by atoms with Crippen LogP contribution in [0.5, 0.6) is 0 Å². The predicted octanol–water partition coefficient (Wildman–Crippen LogP) is 7.84. The van der Waals surface area contributed by atoms with Crippen molar-refractivity contribution in [2.24, 2.45) is 0 Å². The first-order chi connectivity index (χ1) is 13.4. The Hall–Kier alpha value is -2.34. The Morgan fingerprint density at radius 1 is 0.786 bits per heavy atom. The molecule has 0 spiro atoms. The molecule has 0 saturated heterocycles. The Morgan fingerprint density at radius 2 is 1.57 bits per heavy atom. The van der Waals surface area contributed by atoms with Crippen LogP contribution < -0.4 is 0 Å². The lowest BCUT2D eigenvalue weighted by atomic mass is 9.87. The van der Waals surface area contributed by atoms with Crippen molar-refractivity contribution < 1.29 is 0 Å². The molecule has 0 aromatic heterocycles. The summed E-state index contributed by atoms with van der Waals surface area (Å²) in [5.74, 6) is 0. The fraction of sp³-hybridized carbons (Fsp3) is 0.357. The van der Waals surface area contributed by atoms with Gasteiger partial charge in [-0.15, -0.1) is 0 Å². The molecule has 3 rings (SSSR count). The second-order valence-electron chi connectivity index (χ2n) is 8.27. The van der Waals surface area contributed by atoms with Crippen LogP contribution in [-0.4, -0.2) is 0 Å². The Balaban J connectivity index is 2.04. The summed E-state index contributed by atoms with van der Waals surface area (Å²) in [5, 5.41) is 2.78. The molecule has 3 aromatic carbocycles. The Bertz CT molecular complexity index is 1020. The van der Waals surface area contributed by atoms with Gasteiger partial charge in [0.2, 0.25) is 0 Å². The molecule has 28 heavy (non-hydrogen) atoms. The van der Waals surface area contributed by atoms with E-state index in [2.05, 4.69) is 90.1 Å². The zero-order valence-corrected chi connectivity index (χ0v) is 18.4. The summed E-state index contributed by atoms with van der Waals surface area (Å²) in [5.41, 5.74) is 11.5. The zero-order valence-electron chi connectivity index (χ0n) is 18.4. The first-order valence-electron chi connectivity index (χ1n) is 10.7. The fourth-order valence-electron chi connectivity index (χ4n) is 4.57. The monoisotopic (exact) mass is 370 g/mol. The maximum Gasteiger partial charge on any atom is -0.0149 e. The molecule has 0 unspecified atom stereocenters. The molecule has 0 bridgehead atoms. The lowest BCUT2D eigenvalue weighted by Crippen LogP contribution is -2.04. The smallest absolute Gasteiger partial charge is 0.0149 e. The molecule has 0 heterocycles. The van der Waals surface area contributed by atoms with Crippen molar-refractivity contribution in [2.45, 2.75) is 67.2 Å². The van der Waals surface area contributed by atoms with Crippen LogP contribution in [0.3, 0.4) is 0 Å². The maximum atomic E-state index is 2.43. The van der Waals surface area contributed by atoms with Gasteiger partial charge in [-0.25, -0.2) is 0 Å². The molecule has 0 heteroatoms. The van der Waals surface area contributed by atoms with Gasteiger partial charge in [0, 0.05) is 0 Å². The minimum absolute atomic E-state index is 1.09. The number of aryl methyl sites for hydroxylation is 5. The summed E-state index contributed by atoms with van der Waals surface area (Å²) in [7, 11) is 0. The normalized spacial score (nSPS) is 11.6. The van der Waals surface area contributed by atoms with E-state index in [1.807, 2.05) is 0 Å². The van der Waals surface area contributed by atoms with Crippen molar-refractivity contribution >= 4 is 16.8 Å². The average Bonchev–Trinajstić information content (AvgIpc) is 2.65. The molecular weight excluding hydrogens is 336 g/mol. The standard InChI is InChI=1S/C28H34/c1-7-9-23-18-21(5)26(10-8-2)22(6)27(23)14-13-25-16-20(4)15-24-12-11-19(3)17-28(24)25/h8,10-12,15-18H,7,9,13-14H2,1-6H3. The molecule has 0 atom stereocenters. The number of allylic oxidation sites excluding steroid dienone is 1. The fourth-order valence-corrected chi connectivity index (χ4v) is 4.57. The van der Waals surface area contributed by atoms with E-state index in [0.717, 1.165) is 12.8 Å². The third-order valence-corrected chi connectivity index (χ3v) is 5.90. The molecule has 146 valence electrons. The van der Waals surface area contributed by atoms with Gasteiger partial charge in [-0.1, -0.05) is 73.0 Å². The quantitative estimate of drug-likeness (QED) is 0.414. The van der Waals surface area contributed by atoms with Crippen molar-refractivity contribution in [1.82, 2.24) is 0 Å². The predicted molar refractivity (Wildman–Crippen MR) is 125 cm³/mol. The highest BCUT2D eigenvalue weighted by atomic mass is 14.2. The Labute approximate surface area is 171 Å². The highest BCUT2D eigenvalue weighted by molar-refractivity contribution is 5.87. The van der Waals surface area contributed by atoms with Gasteiger partial charge in [0.1, 0.15) is 0 Å². The lowest BCUT2D eigenvalue weighted by Gasteiger charge is -2.18. The van der Waals surface area contributed by atoms with Crippen molar-refractivity contribution in [3.05, 3.63) is 87.0 Å². The molecule has 0 aliphatic rings. The maximum absolute atomic E-state index is 2.43. The van der Waals surface area contributed by atoms with E-state index in [9.17, 15) is 0 Å². The first kappa shape index (κ1) is 20.4. The molecule has 0 nitrogen and oxygen atoms in total. The third-order valence-electron chi connectivity index (χ3n) is 5.90. The van der Waals surface area contributed by atoms with Crippen LogP contribution in [0.25, 0.3) is 16.8 Å². The van der Waals surface area contributed by atoms with Crippen LogP contribution in [0.15, 0.2) is 42.5 Å². The highest BCUT2D eigenvalue weighted by Gasteiger charge is 2.13. The highest BCUT2D eigenvalue weighted by Crippen LogP contribution is 2.29. The summed E-state index contributed by atoms with van der Waals surface area (Å²) < 4.78 is 0. The summed E-state index contributed by atoms with van der Waals surface area (Å²) in [6.07, 6.45) is 9.00. The van der Waals surface area contributed by atoms with Crippen LogP contribution in [0.4, 0.5) is 0 Å². The van der Waals surface area contributed by atoms with Crippen LogP contribution in [0, 0.1) is 27.7 Å². The van der Waals surface area contributed by atoms with E-state index in [1.54, 1.807) is 11.1 Å². The van der Waals surface area contributed by atoms with Gasteiger partial charge in [0.25, 0.3) is 0 Å². The molecule has 0 N–H and O–H groups in total. The van der Waals surface area contributed by atoms with Crippen LogP contribution in [0.1, 0.15) is 64.8 Å². The molecule has 0 aliphatic heterocycles.